The van der Waals surface area contributed by atoms with Gasteiger partial charge in [-0.05, 0) is 14.1 Å². The second kappa shape index (κ2) is 6.78. The number of carbonyl (C=O) groups is 4. The van der Waals surface area contributed by atoms with Gasteiger partial charge in [0.2, 0.25) is 5.78 Å². The number of nitrogens with one attached hydrogen (secondary N) is 1. The number of rotatable bonds is 3. The quantitative estimate of drug-likeness (QED) is 0.761. The molecule has 9 heteroatoms. The molecule has 7 nitrogen and oxygen atoms in total. The van der Waals surface area contributed by atoms with E-state index in [-0.39, 0.29) is 52.3 Å². The van der Waals surface area contributed by atoms with Gasteiger partial charge in [-0.1, -0.05) is 24.3 Å². The maximum absolute atomic E-state index is 13.1. The molecule has 0 aromatic heterocycles. The summed E-state index contributed by atoms with van der Waals surface area (Å²) in [5.41, 5.74) is -0.685. The first-order valence-electron chi connectivity index (χ1n) is 8.21. The second-order valence-electron chi connectivity index (χ2n) is 6.79. The van der Waals surface area contributed by atoms with Crippen LogP contribution in [0.3, 0.4) is 0 Å². The molecule has 0 radical (unpaired) electrons. The van der Waals surface area contributed by atoms with E-state index in [4.69, 9.17) is 0 Å². The summed E-state index contributed by atoms with van der Waals surface area (Å²) >= 11 is 1.17. The number of thioether (sulfide) groups is 1. The first-order valence-corrected chi connectivity index (χ1v) is 9.20. The number of allylic oxidation sites excluding steroid dienone is 1. The number of benzene rings is 1. The number of hydrogen-bond donors (Lipinski definition) is 1. The van der Waals surface area contributed by atoms with Crippen LogP contribution >= 0.6 is 24.2 Å². The van der Waals surface area contributed by atoms with Crippen molar-refractivity contribution in [2.45, 2.75) is 5.54 Å². The van der Waals surface area contributed by atoms with Gasteiger partial charge in [-0.25, -0.2) is 4.79 Å². The van der Waals surface area contributed by atoms with Crippen molar-refractivity contribution in [2.24, 2.45) is 0 Å². The average Bonchev–Trinajstić information content (AvgIpc) is 3.10. The van der Waals surface area contributed by atoms with Gasteiger partial charge in [-0.3, -0.25) is 19.3 Å². The minimum absolute atomic E-state index is 0. The molecule has 2 heterocycles. The summed E-state index contributed by atoms with van der Waals surface area (Å²) in [6.07, 6.45) is 0. The van der Waals surface area contributed by atoms with Crippen molar-refractivity contribution in [3.05, 3.63) is 45.9 Å². The minimum Gasteiger partial charge on any atom is -0.318 e. The largest absolute Gasteiger partial charge is 0.325 e. The molecule has 1 atom stereocenters. The fourth-order valence-electron chi connectivity index (χ4n) is 3.53. The standard InChI is InChI=1S/C18H17N3O4S.ClH/c1-20(2)7-8-21-16(24)18(19-17(21)25)9-26-15-12(18)13(22)10-5-3-4-6-11(10)14(15)23;/h3-6H,7-9H2,1-2H3,(H,19,25);1H. The molecule has 1 spiro atoms. The van der Waals surface area contributed by atoms with Crippen LogP contribution in [0.4, 0.5) is 4.79 Å². The Kier molecular flexibility index (Phi) is 4.92. The van der Waals surface area contributed by atoms with Gasteiger partial charge in [0.05, 0.1) is 10.5 Å². The first kappa shape index (κ1) is 19.6. The number of hydrogen-bond acceptors (Lipinski definition) is 6. The SMILES string of the molecule is CN(C)CCN1C(=O)NC2(CSC3=C2C(=O)c2ccccc2C3=O)C1=O.Cl. The highest BCUT2D eigenvalue weighted by molar-refractivity contribution is 8.04. The van der Waals surface area contributed by atoms with Crippen LogP contribution in [0.15, 0.2) is 34.7 Å². The Labute approximate surface area is 166 Å². The van der Waals surface area contributed by atoms with E-state index < -0.39 is 17.5 Å². The smallest absolute Gasteiger partial charge is 0.318 e. The Hall–Kier alpha value is -2.16. The van der Waals surface area contributed by atoms with E-state index >= 15 is 0 Å². The second-order valence-corrected chi connectivity index (χ2v) is 7.78. The van der Waals surface area contributed by atoms with E-state index in [9.17, 15) is 19.2 Å². The van der Waals surface area contributed by atoms with Crippen molar-refractivity contribution >= 4 is 47.7 Å². The summed E-state index contributed by atoms with van der Waals surface area (Å²) < 4.78 is 0. The molecule has 1 saturated heterocycles. The molecular formula is C18H18ClN3O4S. The van der Waals surface area contributed by atoms with Gasteiger partial charge in [0.15, 0.2) is 11.3 Å². The molecular weight excluding hydrogens is 390 g/mol. The Balaban J connectivity index is 0.00000210. The van der Waals surface area contributed by atoms with Crippen molar-refractivity contribution in [2.75, 3.05) is 32.9 Å². The Morgan fingerprint density at radius 2 is 1.74 bits per heavy atom. The van der Waals surface area contributed by atoms with Crippen molar-refractivity contribution in [3.63, 3.8) is 0 Å². The Morgan fingerprint density at radius 1 is 1.11 bits per heavy atom. The third-order valence-corrected chi connectivity index (χ3v) is 6.14. The lowest BCUT2D eigenvalue weighted by Gasteiger charge is -2.26. The number of fused-ring (bicyclic) bond motifs is 2. The van der Waals surface area contributed by atoms with E-state index in [1.807, 2.05) is 19.0 Å². The lowest BCUT2D eigenvalue weighted by molar-refractivity contribution is -0.129. The van der Waals surface area contributed by atoms with Crippen LogP contribution in [0.1, 0.15) is 20.7 Å². The number of halogens is 1. The zero-order valence-corrected chi connectivity index (χ0v) is 16.4. The van der Waals surface area contributed by atoms with Crippen LogP contribution in [0.5, 0.6) is 0 Å². The van der Waals surface area contributed by atoms with Gasteiger partial charge < -0.3 is 10.2 Å². The fourth-order valence-corrected chi connectivity index (χ4v) is 4.88. The van der Waals surface area contributed by atoms with Crippen LogP contribution in [0.25, 0.3) is 0 Å². The van der Waals surface area contributed by atoms with E-state index in [2.05, 4.69) is 5.32 Å². The van der Waals surface area contributed by atoms with Crippen molar-refractivity contribution < 1.29 is 19.2 Å². The van der Waals surface area contributed by atoms with Gasteiger partial charge in [0, 0.05) is 30.0 Å². The Bertz CT molecular complexity index is 914. The highest BCUT2D eigenvalue weighted by Crippen LogP contribution is 2.47. The maximum atomic E-state index is 13.1. The van der Waals surface area contributed by atoms with E-state index in [0.29, 0.717) is 12.1 Å². The molecule has 1 aliphatic carbocycles. The number of urea groups is 1. The van der Waals surface area contributed by atoms with Gasteiger partial charge in [-0.2, -0.15) is 0 Å². The van der Waals surface area contributed by atoms with Gasteiger partial charge >= 0.3 is 6.03 Å². The number of amides is 3. The fraction of sp³-hybridized carbons (Fsp3) is 0.333. The molecule has 142 valence electrons. The number of likely N-dealkylation sites (N-methyl/N-ethyl adjacent to an activating group) is 1. The predicted octanol–water partition coefficient (Wildman–Crippen LogP) is 1.34. The summed E-state index contributed by atoms with van der Waals surface area (Å²) in [6.45, 7) is 0.745. The average molecular weight is 408 g/mol. The highest BCUT2D eigenvalue weighted by atomic mass is 35.5. The van der Waals surface area contributed by atoms with Crippen LogP contribution in [0, 0.1) is 0 Å². The lowest BCUT2D eigenvalue weighted by Crippen LogP contribution is -2.52. The molecule has 1 aromatic rings. The Morgan fingerprint density at radius 3 is 2.37 bits per heavy atom. The van der Waals surface area contributed by atoms with E-state index in [1.54, 1.807) is 24.3 Å². The third-order valence-electron chi connectivity index (χ3n) is 4.88. The van der Waals surface area contributed by atoms with Gasteiger partial charge in [-0.15, -0.1) is 24.2 Å². The number of nitrogens with zero attached hydrogens (tertiary/aromatic N) is 2. The predicted molar refractivity (Wildman–Crippen MR) is 103 cm³/mol. The third kappa shape index (κ3) is 2.70. The zero-order valence-electron chi connectivity index (χ0n) is 14.8. The highest BCUT2D eigenvalue weighted by Gasteiger charge is 2.61. The molecule has 0 saturated carbocycles. The summed E-state index contributed by atoms with van der Waals surface area (Å²) in [6, 6.07) is 6.06. The zero-order chi connectivity index (χ0) is 18.6. The van der Waals surface area contributed by atoms with Crippen molar-refractivity contribution in [1.29, 1.82) is 0 Å². The molecule has 0 bridgehead atoms. The molecule has 4 rings (SSSR count). The topological polar surface area (TPSA) is 86.8 Å². The summed E-state index contributed by atoms with van der Waals surface area (Å²) in [7, 11) is 3.70. The van der Waals surface area contributed by atoms with E-state index in [0.717, 1.165) is 4.90 Å². The molecule has 1 aromatic carbocycles. The maximum Gasteiger partial charge on any atom is 0.325 e. The molecule has 1 N–H and O–H groups in total. The van der Waals surface area contributed by atoms with Crippen molar-refractivity contribution in [3.8, 4) is 0 Å². The minimum atomic E-state index is -1.44. The summed E-state index contributed by atoms with van der Waals surface area (Å²) in [4.78, 5) is 54.6. The number of Topliss-reactive ketones (excluding diaryl/α,β-unsaturated/α-hetero) is 2. The van der Waals surface area contributed by atoms with Crippen LogP contribution < -0.4 is 5.32 Å². The molecule has 2 aliphatic heterocycles. The van der Waals surface area contributed by atoms with Crippen LogP contribution in [-0.4, -0.2) is 71.8 Å². The summed E-state index contributed by atoms with van der Waals surface area (Å²) in [5, 5.41) is 2.70. The van der Waals surface area contributed by atoms with Gasteiger partial charge in [0.25, 0.3) is 5.91 Å². The van der Waals surface area contributed by atoms with Crippen molar-refractivity contribution in [1.82, 2.24) is 15.1 Å². The monoisotopic (exact) mass is 407 g/mol. The molecule has 27 heavy (non-hydrogen) atoms. The van der Waals surface area contributed by atoms with Gasteiger partial charge in [0.1, 0.15) is 0 Å². The number of carbonyl (C=O) groups excluding carboxylic acids is 4. The van der Waals surface area contributed by atoms with E-state index in [1.165, 1.54) is 11.8 Å². The summed E-state index contributed by atoms with van der Waals surface area (Å²) in [5.74, 6) is -0.914. The molecule has 1 fully saturated rings. The molecule has 3 amide bonds. The number of imide groups is 1. The van der Waals surface area contributed by atoms with Crippen LogP contribution in [0.2, 0.25) is 0 Å². The van der Waals surface area contributed by atoms with Crippen LogP contribution in [-0.2, 0) is 4.79 Å². The molecule has 1 unspecified atom stereocenters. The molecule has 3 aliphatic rings. The number of ketones is 2. The normalized spacial score (nSPS) is 23.7. The first-order chi connectivity index (χ1) is 12.4. The lowest BCUT2D eigenvalue weighted by atomic mass is 9.79.